The number of carbonyl (C=O) groups is 2. The van der Waals surface area contributed by atoms with E-state index in [4.69, 9.17) is 0 Å². The summed E-state index contributed by atoms with van der Waals surface area (Å²) in [6.07, 6.45) is 0. The van der Waals surface area contributed by atoms with Gasteiger partial charge in [-0.2, -0.15) is 0 Å². The average molecular weight is 407 g/mol. The van der Waals surface area contributed by atoms with E-state index in [1.54, 1.807) is 37.3 Å². The maximum Gasteiger partial charge on any atom is 0.253 e. The molecule has 1 atom stereocenters. The van der Waals surface area contributed by atoms with Gasteiger partial charge in [-0.25, -0.2) is 4.39 Å². The number of amides is 2. The van der Waals surface area contributed by atoms with Gasteiger partial charge >= 0.3 is 0 Å². The number of carbonyl (C=O) groups excluding carboxylic acids is 2. The van der Waals surface area contributed by atoms with E-state index in [0.717, 1.165) is 5.56 Å². The summed E-state index contributed by atoms with van der Waals surface area (Å²) in [5.74, 6) is -1.30. The standard InChI is InChI=1S/C19H20BrFN2O2/c1-11(2)17(23-18(24)14-6-4-5-7-15(14)20)19(25)22-16-10-13(21)9-8-12(16)3/h4-11,17H,1-3H3,(H,22,25)(H,23,24)/t17-/m0/s1. The minimum Gasteiger partial charge on any atom is -0.340 e. The van der Waals surface area contributed by atoms with Crippen molar-refractivity contribution < 1.29 is 14.0 Å². The van der Waals surface area contributed by atoms with Crippen LogP contribution < -0.4 is 10.6 Å². The minimum atomic E-state index is -0.748. The van der Waals surface area contributed by atoms with Crippen molar-refractivity contribution in [2.75, 3.05) is 5.32 Å². The molecule has 0 bridgehead atoms. The van der Waals surface area contributed by atoms with E-state index >= 15 is 0 Å². The fourth-order valence-electron chi connectivity index (χ4n) is 2.34. The normalized spacial score (nSPS) is 11.9. The van der Waals surface area contributed by atoms with E-state index in [1.807, 2.05) is 13.8 Å². The molecule has 0 radical (unpaired) electrons. The summed E-state index contributed by atoms with van der Waals surface area (Å²) >= 11 is 3.33. The highest BCUT2D eigenvalue weighted by Gasteiger charge is 2.25. The van der Waals surface area contributed by atoms with Gasteiger partial charge in [0.25, 0.3) is 5.91 Å². The van der Waals surface area contributed by atoms with Gasteiger partial charge in [0.05, 0.1) is 5.56 Å². The molecule has 2 aromatic rings. The van der Waals surface area contributed by atoms with Crippen LogP contribution >= 0.6 is 15.9 Å². The molecule has 0 unspecified atom stereocenters. The van der Waals surface area contributed by atoms with Gasteiger partial charge in [-0.15, -0.1) is 0 Å². The molecular formula is C19H20BrFN2O2. The van der Waals surface area contributed by atoms with Crippen molar-refractivity contribution in [2.45, 2.75) is 26.8 Å². The topological polar surface area (TPSA) is 58.2 Å². The molecule has 0 saturated heterocycles. The van der Waals surface area contributed by atoms with Gasteiger partial charge in [-0.05, 0) is 58.6 Å². The number of hydrogen-bond donors (Lipinski definition) is 2. The Morgan fingerprint density at radius 1 is 1.12 bits per heavy atom. The first-order valence-corrected chi connectivity index (χ1v) is 8.71. The lowest BCUT2D eigenvalue weighted by Gasteiger charge is -2.22. The molecule has 0 aliphatic carbocycles. The summed E-state index contributed by atoms with van der Waals surface area (Å²) < 4.78 is 14.1. The molecule has 0 spiro atoms. The Bertz CT molecular complexity index is 793. The van der Waals surface area contributed by atoms with Crippen molar-refractivity contribution in [3.05, 3.63) is 63.9 Å². The Morgan fingerprint density at radius 3 is 2.44 bits per heavy atom. The van der Waals surface area contributed by atoms with Crippen molar-refractivity contribution in [1.29, 1.82) is 0 Å². The summed E-state index contributed by atoms with van der Waals surface area (Å²) in [5, 5.41) is 5.45. The van der Waals surface area contributed by atoms with Crippen LogP contribution in [0.2, 0.25) is 0 Å². The Labute approximate surface area is 154 Å². The first kappa shape index (κ1) is 19.1. The number of benzene rings is 2. The van der Waals surface area contributed by atoms with E-state index in [9.17, 15) is 14.0 Å². The van der Waals surface area contributed by atoms with Crippen molar-refractivity contribution >= 4 is 33.4 Å². The fourth-order valence-corrected chi connectivity index (χ4v) is 2.80. The predicted octanol–water partition coefficient (Wildman–Crippen LogP) is 4.29. The van der Waals surface area contributed by atoms with Crippen LogP contribution in [-0.2, 0) is 4.79 Å². The molecule has 2 amide bonds. The quantitative estimate of drug-likeness (QED) is 0.777. The number of anilines is 1. The summed E-state index contributed by atoms with van der Waals surface area (Å²) in [5.41, 5.74) is 1.59. The SMILES string of the molecule is Cc1ccc(F)cc1NC(=O)[C@@H](NC(=O)c1ccccc1Br)C(C)C. The van der Waals surface area contributed by atoms with E-state index in [0.29, 0.717) is 15.7 Å². The molecule has 6 heteroatoms. The molecule has 0 aliphatic heterocycles. The third-order valence-electron chi connectivity index (χ3n) is 3.81. The van der Waals surface area contributed by atoms with Gasteiger partial charge in [0.15, 0.2) is 0 Å². The molecule has 4 nitrogen and oxygen atoms in total. The Hall–Kier alpha value is -2.21. The Kier molecular flexibility index (Phi) is 6.31. The van der Waals surface area contributed by atoms with Gasteiger partial charge in [0, 0.05) is 10.2 Å². The maximum atomic E-state index is 13.4. The molecule has 0 aliphatic rings. The fraction of sp³-hybridized carbons (Fsp3) is 0.263. The largest absolute Gasteiger partial charge is 0.340 e. The Morgan fingerprint density at radius 2 is 1.80 bits per heavy atom. The zero-order valence-corrected chi connectivity index (χ0v) is 15.9. The van der Waals surface area contributed by atoms with Crippen LogP contribution in [-0.4, -0.2) is 17.9 Å². The first-order valence-electron chi connectivity index (χ1n) is 7.92. The Balaban J connectivity index is 2.17. The highest BCUT2D eigenvalue weighted by molar-refractivity contribution is 9.10. The second-order valence-corrected chi connectivity index (χ2v) is 6.98. The highest BCUT2D eigenvalue weighted by atomic mass is 79.9. The van der Waals surface area contributed by atoms with Crippen molar-refractivity contribution in [2.24, 2.45) is 5.92 Å². The lowest BCUT2D eigenvalue weighted by molar-refractivity contribution is -0.118. The highest BCUT2D eigenvalue weighted by Crippen LogP contribution is 2.19. The van der Waals surface area contributed by atoms with E-state index < -0.39 is 11.9 Å². The number of halogens is 2. The molecule has 0 heterocycles. The smallest absolute Gasteiger partial charge is 0.253 e. The number of hydrogen-bond acceptors (Lipinski definition) is 2. The predicted molar refractivity (Wildman–Crippen MR) is 100 cm³/mol. The third-order valence-corrected chi connectivity index (χ3v) is 4.50. The first-order chi connectivity index (χ1) is 11.8. The van der Waals surface area contributed by atoms with Crippen LogP contribution in [0.1, 0.15) is 29.8 Å². The van der Waals surface area contributed by atoms with Gasteiger partial charge in [-0.1, -0.05) is 32.0 Å². The van der Waals surface area contributed by atoms with Crippen LogP contribution in [0.15, 0.2) is 46.9 Å². The van der Waals surface area contributed by atoms with Crippen molar-refractivity contribution in [3.63, 3.8) is 0 Å². The van der Waals surface area contributed by atoms with Crippen molar-refractivity contribution in [1.82, 2.24) is 5.32 Å². The minimum absolute atomic E-state index is 0.139. The van der Waals surface area contributed by atoms with Crippen LogP contribution in [0.3, 0.4) is 0 Å². The molecule has 0 aromatic heterocycles. The zero-order chi connectivity index (χ0) is 18.6. The molecule has 2 rings (SSSR count). The second-order valence-electron chi connectivity index (χ2n) is 6.12. The lowest BCUT2D eigenvalue weighted by atomic mass is 10.0. The summed E-state index contributed by atoms with van der Waals surface area (Å²) in [7, 11) is 0. The molecule has 25 heavy (non-hydrogen) atoms. The molecule has 2 N–H and O–H groups in total. The molecule has 0 saturated carbocycles. The molecule has 132 valence electrons. The lowest BCUT2D eigenvalue weighted by Crippen LogP contribution is -2.47. The van der Waals surface area contributed by atoms with Crippen molar-refractivity contribution in [3.8, 4) is 0 Å². The van der Waals surface area contributed by atoms with E-state index in [2.05, 4.69) is 26.6 Å². The maximum absolute atomic E-state index is 13.4. The monoisotopic (exact) mass is 406 g/mol. The van der Waals surface area contributed by atoms with Crippen LogP contribution in [0.5, 0.6) is 0 Å². The number of aryl methyl sites for hydroxylation is 1. The second kappa shape index (κ2) is 8.25. The average Bonchev–Trinajstić information content (AvgIpc) is 2.55. The van der Waals surface area contributed by atoms with Gasteiger partial charge in [0.1, 0.15) is 11.9 Å². The van der Waals surface area contributed by atoms with Crippen LogP contribution in [0.4, 0.5) is 10.1 Å². The summed E-state index contributed by atoms with van der Waals surface area (Å²) in [4.78, 5) is 25.1. The zero-order valence-electron chi connectivity index (χ0n) is 14.3. The van der Waals surface area contributed by atoms with Gasteiger partial charge < -0.3 is 10.6 Å². The van der Waals surface area contributed by atoms with E-state index in [1.165, 1.54) is 12.1 Å². The van der Waals surface area contributed by atoms with Crippen LogP contribution in [0, 0.1) is 18.7 Å². The van der Waals surface area contributed by atoms with Gasteiger partial charge in [-0.3, -0.25) is 9.59 Å². The molecular weight excluding hydrogens is 387 g/mol. The summed E-state index contributed by atoms with van der Waals surface area (Å²) in [6, 6.07) is 10.4. The molecule has 2 aromatic carbocycles. The molecule has 0 fully saturated rings. The number of rotatable bonds is 5. The van der Waals surface area contributed by atoms with Gasteiger partial charge in [0.2, 0.25) is 5.91 Å². The van der Waals surface area contributed by atoms with Crippen LogP contribution in [0.25, 0.3) is 0 Å². The summed E-state index contributed by atoms with van der Waals surface area (Å²) in [6.45, 7) is 5.45. The number of nitrogens with one attached hydrogen (secondary N) is 2. The third kappa shape index (κ3) is 4.89. The van der Waals surface area contributed by atoms with E-state index in [-0.39, 0.29) is 17.7 Å².